The van der Waals surface area contributed by atoms with E-state index in [9.17, 15) is 0 Å². The molecule has 0 aromatic carbocycles. The molecule has 0 saturated carbocycles. The number of aliphatic imine (C=N–C) groups is 1. The van der Waals surface area contributed by atoms with Gasteiger partial charge in [-0.2, -0.15) is 0 Å². The summed E-state index contributed by atoms with van der Waals surface area (Å²) in [6.07, 6.45) is 18.0. The number of rotatable bonds is 11. The van der Waals surface area contributed by atoms with Crippen LogP contribution in [0.5, 0.6) is 0 Å². The Kier molecular flexibility index (Phi) is 7.81. The van der Waals surface area contributed by atoms with E-state index in [4.69, 9.17) is 0 Å². The summed E-state index contributed by atoms with van der Waals surface area (Å²) < 4.78 is 0. The van der Waals surface area contributed by atoms with Gasteiger partial charge < -0.3 is 4.98 Å². The van der Waals surface area contributed by atoms with Crippen molar-refractivity contribution in [2.75, 3.05) is 0 Å². The number of nitrogens with zero attached hydrogens (tertiary/aromatic N) is 1. The molecule has 0 atom stereocenters. The van der Waals surface area contributed by atoms with Gasteiger partial charge in [0.25, 0.3) is 0 Å². The van der Waals surface area contributed by atoms with E-state index in [0.29, 0.717) is 0 Å². The molecule has 0 radical (unpaired) electrons. The third-order valence-electron chi connectivity index (χ3n) is 4.54. The number of H-pyrrole nitrogens is 1. The zero-order valence-electron chi connectivity index (χ0n) is 15.4. The summed E-state index contributed by atoms with van der Waals surface area (Å²) in [5.74, 6) is 0. The quantitative estimate of drug-likeness (QED) is 0.350. The first-order valence-electron chi connectivity index (χ1n) is 9.43. The van der Waals surface area contributed by atoms with E-state index in [-0.39, 0.29) is 0 Å². The topological polar surface area (TPSA) is 28.1 Å². The molecule has 1 aliphatic heterocycles. The molecule has 2 rings (SSSR count). The van der Waals surface area contributed by atoms with E-state index >= 15 is 0 Å². The lowest BCUT2D eigenvalue weighted by Gasteiger charge is -2.01. The first-order chi connectivity index (χ1) is 11.7. The van der Waals surface area contributed by atoms with Crippen LogP contribution in [0.15, 0.2) is 47.1 Å². The highest BCUT2D eigenvalue weighted by Gasteiger charge is 2.07. The third-order valence-corrected chi connectivity index (χ3v) is 4.54. The average Bonchev–Trinajstić information content (AvgIpc) is 3.12. The Morgan fingerprint density at radius 2 is 1.71 bits per heavy atom. The van der Waals surface area contributed by atoms with E-state index in [1.807, 2.05) is 13.0 Å². The Morgan fingerprint density at radius 3 is 2.38 bits per heavy atom. The van der Waals surface area contributed by atoms with Gasteiger partial charge in [-0.3, -0.25) is 4.99 Å². The largest absolute Gasteiger partial charge is 0.359 e. The lowest BCUT2D eigenvalue weighted by molar-refractivity contribution is 0.580. The van der Waals surface area contributed by atoms with Gasteiger partial charge in [0.15, 0.2) is 0 Å². The van der Waals surface area contributed by atoms with E-state index in [1.165, 1.54) is 62.6 Å². The molecular weight excluding hydrogens is 292 g/mol. The molecule has 0 fully saturated rings. The molecule has 1 aliphatic rings. The Morgan fingerprint density at radius 1 is 1.00 bits per heavy atom. The number of hydrogen-bond donors (Lipinski definition) is 1. The van der Waals surface area contributed by atoms with Gasteiger partial charge in [0.05, 0.1) is 5.70 Å². The van der Waals surface area contributed by atoms with Crippen LogP contribution >= 0.6 is 0 Å². The molecule has 0 amide bonds. The van der Waals surface area contributed by atoms with Gasteiger partial charge in [0.1, 0.15) is 0 Å². The highest BCUT2D eigenvalue weighted by Crippen LogP contribution is 2.21. The maximum atomic E-state index is 4.56. The van der Waals surface area contributed by atoms with Crippen LogP contribution in [-0.2, 0) is 6.42 Å². The summed E-state index contributed by atoms with van der Waals surface area (Å²) in [6, 6.07) is 4.38. The van der Waals surface area contributed by atoms with Gasteiger partial charge in [-0.15, -0.1) is 6.58 Å². The Hall–Kier alpha value is -1.83. The van der Waals surface area contributed by atoms with Crippen molar-refractivity contribution in [3.8, 4) is 0 Å². The number of hydrogen-bond acceptors (Lipinski definition) is 1. The third kappa shape index (κ3) is 6.35. The minimum atomic E-state index is 1.08. The molecule has 0 bridgehead atoms. The number of aromatic nitrogens is 1. The summed E-state index contributed by atoms with van der Waals surface area (Å²) in [5.41, 5.74) is 5.92. The predicted octanol–water partition coefficient (Wildman–Crippen LogP) is 6.63. The fourth-order valence-electron chi connectivity index (χ4n) is 3.17. The van der Waals surface area contributed by atoms with E-state index in [0.717, 1.165) is 23.5 Å². The molecule has 1 aromatic heterocycles. The van der Waals surface area contributed by atoms with Crippen LogP contribution in [0.3, 0.4) is 0 Å². The van der Waals surface area contributed by atoms with E-state index in [1.54, 1.807) is 0 Å². The molecule has 0 unspecified atom stereocenters. The first kappa shape index (κ1) is 18.5. The van der Waals surface area contributed by atoms with Gasteiger partial charge in [0.2, 0.25) is 0 Å². The van der Waals surface area contributed by atoms with Gasteiger partial charge in [-0.25, -0.2) is 0 Å². The fourth-order valence-corrected chi connectivity index (χ4v) is 3.17. The molecule has 2 nitrogen and oxygen atoms in total. The fraction of sp³-hybridized carbons (Fsp3) is 0.500. The van der Waals surface area contributed by atoms with Crippen LogP contribution in [0.1, 0.15) is 76.6 Å². The van der Waals surface area contributed by atoms with Crippen molar-refractivity contribution in [1.29, 1.82) is 0 Å². The van der Waals surface area contributed by atoms with Crippen molar-refractivity contribution in [2.45, 2.75) is 71.6 Å². The number of aromatic amines is 1. The molecule has 1 N–H and O–H groups in total. The Balaban J connectivity index is 1.63. The Labute approximate surface area is 147 Å². The van der Waals surface area contributed by atoms with Crippen molar-refractivity contribution >= 4 is 11.8 Å². The van der Waals surface area contributed by atoms with E-state index < -0.39 is 0 Å². The number of nitrogens with one attached hydrogen (secondary N) is 1. The van der Waals surface area contributed by atoms with Crippen molar-refractivity contribution in [3.63, 3.8) is 0 Å². The Bertz CT molecular complexity index is 614. The van der Waals surface area contributed by atoms with E-state index in [2.05, 4.69) is 47.8 Å². The van der Waals surface area contributed by atoms with Crippen molar-refractivity contribution in [3.05, 3.63) is 53.5 Å². The van der Waals surface area contributed by atoms with Crippen LogP contribution in [0, 0.1) is 0 Å². The summed E-state index contributed by atoms with van der Waals surface area (Å²) >= 11 is 0. The maximum absolute atomic E-state index is 4.56. The lowest BCUT2D eigenvalue weighted by Crippen LogP contribution is -1.87. The average molecular weight is 325 g/mol. The van der Waals surface area contributed by atoms with Crippen molar-refractivity contribution < 1.29 is 0 Å². The predicted molar refractivity (Wildman–Crippen MR) is 106 cm³/mol. The summed E-state index contributed by atoms with van der Waals surface area (Å²) in [7, 11) is 0. The molecule has 1 aromatic rings. The summed E-state index contributed by atoms with van der Waals surface area (Å²) in [5, 5.41) is 0. The normalized spacial score (nSPS) is 15.7. The number of unbranched alkanes of at least 4 members (excludes halogenated alkanes) is 7. The highest BCUT2D eigenvalue weighted by atomic mass is 14.8. The SMILES string of the molecule is C=CCCCCCCCCCc1ccc(/C=C2\N=C(C)C=C2C)[nH]1. The highest BCUT2D eigenvalue weighted by molar-refractivity contribution is 5.98. The monoisotopic (exact) mass is 324 g/mol. The first-order valence-corrected chi connectivity index (χ1v) is 9.43. The summed E-state index contributed by atoms with van der Waals surface area (Å²) in [4.78, 5) is 8.07. The standard InChI is InChI=1S/C22H32N2/c1-4-5-6-7-8-9-10-11-12-13-20-14-15-21(24-20)17-22-18(2)16-19(3)23-22/h4,14-17,24H,1,5-13H2,2-3H3/b22-17-. The van der Waals surface area contributed by atoms with Crippen LogP contribution < -0.4 is 0 Å². The molecular formula is C22H32N2. The molecule has 0 saturated heterocycles. The van der Waals surface area contributed by atoms with Crippen LogP contribution in [0.4, 0.5) is 0 Å². The van der Waals surface area contributed by atoms with Crippen molar-refractivity contribution in [1.82, 2.24) is 4.98 Å². The smallest absolute Gasteiger partial charge is 0.0683 e. The van der Waals surface area contributed by atoms with Crippen LogP contribution in [-0.4, -0.2) is 10.7 Å². The molecule has 2 heteroatoms. The second-order valence-corrected chi connectivity index (χ2v) is 6.85. The number of allylic oxidation sites excluding steroid dienone is 3. The zero-order chi connectivity index (χ0) is 17.2. The molecule has 0 aliphatic carbocycles. The summed E-state index contributed by atoms with van der Waals surface area (Å²) in [6.45, 7) is 7.93. The zero-order valence-corrected chi connectivity index (χ0v) is 15.4. The molecule has 2 heterocycles. The van der Waals surface area contributed by atoms with Gasteiger partial charge in [-0.05, 0) is 69.4 Å². The lowest BCUT2D eigenvalue weighted by atomic mass is 10.1. The second-order valence-electron chi connectivity index (χ2n) is 6.85. The van der Waals surface area contributed by atoms with Gasteiger partial charge in [0, 0.05) is 17.1 Å². The maximum Gasteiger partial charge on any atom is 0.0683 e. The van der Waals surface area contributed by atoms with Crippen LogP contribution in [0.2, 0.25) is 0 Å². The van der Waals surface area contributed by atoms with Gasteiger partial charge >= 0.3 is 0 Å². The van der Waals surface area contributed by atoms with Gasteiger partial charge in [-0.1, -0.05) is 38.2 Å². The molecule has 0 spiro atoms. The second kappa shape index (κ2) is 10.1. The molecule has 24 heavy (non-hydrogen) atoms. The minimum absolute atomic E-state index is 1.08. The van der Waals surface area contributed by atoms with Crippen LogP contribution in [0.25, 0.3) is 6.08 Å². The number of aryl methyl sites for hydroxylation is 1. The molecule has 130 valence electrons. The minimum Gasteiger partial charge on any atom is -0.359 e. The van der Waals surface area contributed by atoms with Crippen molar-refractivity contribution in [2.24, 2.45) is 4.99 Å².